The van der Waals surface area contributed by atoms with Crippen molar-refractivity contribution in [2.45, 2.75) is 31.3 Å². The number of ether oxygens (including phenoxy) is 2. The first-order valence-electron chi connectivity index (χ1n) is 11.4. The van der Waals surface area contributed by atoms with Crippen molar-refractivity contribution in [3.63, 3.8) is 0 Å². The largest absolute Gasteiger partial charge is 0.481 e. The predicted octanol–water partition coefficient (Wildman–Crippen LogP) is 4.49. The Balaban J connectivity index is 1.12. The molecule has 0 spiro atoms. The minimum absolute atomic E-state index is 0.0686. The summed E-state index contributed by atoms with van der Waals surface area (Å²) in [6, 6.07) is 5.09. The first kappa shape index (κ1) is 24.6. The lowest BCUT2D eigenvalue weighted by Crippen LogP contribution is -2.40. The molecule has 12 heteroatoms. The van der Waals surface area contributed by atoms with Crippen molar-refractivity contribution in [3.05, 3.63) is 62.5 Å². The molecule has 1 amide bonds. The number of halogens is 2. The summed E-state index contributed by atoms with van der Waals surface area (Å²) in [5, 5.41) is 7.17. The number of thiazole rings is 1. The molecule has 1 aromatic carbocycles. The van der Waals surface area contributed by atoms with Crippen LogP contribution in [-0.4, -0.2) is 58.3 Å². The molecule has 9 nitrogen and oxygen atoms in total. The molecule has 1 fully saturated rings. The molecule has 2 aliphatic rings. The average Bonchev–Trinajstić information content (AvgIpc) is 3.58. The van der Waals surface area contributed by atoms with Gasteiger partial charge in [-0.2, -0.15) is 9.97 Å². The number of benzene rings is 1. The second kappa shape index (κ2) is 10.9. The second-order valence-corrected chi connectivity index (χ2v) is 10.1. The van der Waals surface area contributed by atoms with E-state index < -0.39 is 6.10 Å². The van der Waals surface area contributed by atoms with E-state index in [-0.39, 0.29) is 30.3 Å². The van der Waals surface area contributed by atoms with E-state index in [0.29, 0.717) is 41.0 Å². The molecule has 2 aliphatic heterocycles. The van der Waals surface area contributed by atoms with Gasteiger partial charge in [-0.3, -0.25) is 4.79 Å². The Morgan fingerprint density at radius 2 is 2.06 bits per heavy atom. The van der Waals surface area contributed by atoms with Crippen LogP contribution in [0.15, 0.2) is 45.6 Å². The number of oxime groups is 1. The van der Waals surface area contributed by atoms with Crippen LogP contribution in [0.3, 0.4) is 0 Å². The topological polar surface area (TPSA) is 99.0 Å². The monoisotopic (exact) mass is 575 g/mol. The fraction of sp³-hybridized carbons (Fsp3) is 0.375. The zero-order valence-corrected chi connectivity index (χ0v) is 21.8. The van der Waals surface area contributed by atoms with Crippen molar-refractivity contribution in [3.8, 4) is 11.8 Å². The highest BCUT2D eigenvalue weighted by Crippen LogP contribution is 2.37. The molecule has 0 radical (unpaired) electrons. The van der Waals surface area contributed by atoms with E-state index in [2.05, 4.69) is 31.1 Å². The molecule has 1 saturated heterocycles. The molecule has 1 atom stereocenters. The number of carbonyl (C=O) groups excluding carboxylic acids is 1. The number of methoxy groups -OCH3 is 1. The maximum Gasteiger partial charge on any atom is 0.316 e. The number of hydrogen-bond acceptors (Lipinski definition) is 9. The van der Waals surface area contributed by atoms with Crippen molar-refractivity contribution in [2.75, 3.05) is 26.8 Å². The maximum absolute atomic E-state index is 14.3. The molecular formula is C24H23BrFN5O4S. The van der Waals surface area contributed by atoms with Gasteiger partial charge in [-0.05, 0) is 25.0 Å². The summed E-state index contributed by atoms with van der Waals surface area (Å²) in [6.07, 6.45) is 4.55. The summed E-state index contributed by atoms with van der Waals surface area (Å²) in [5.41, 5.74) is 1.94. The highest BCUT2D eigenvalue weighted by Gasteiger charge is 2.31. The molecule has 1 unspecified atom stereocenters. The average molecular weight is 576 g/mol. The second-order valence-electron chi connectivity index (χ2n) is 8.39. The quantitative estimate of drug-likeness (QED) is 0.409. The van der Waals surface area contributed by atoms with Gasteiger partial charge in [0.25, 0.3) is 5.91 Å². The highest BCUT2D eigenvalue weighted by molar-refractivity contribution is 9.10. The van der Waals surface area contributed by atoms with Crippen LogP contribution in [0, 0.1) is 5.82 Å². The molecule has 0 bridgehead atoms. The molecular weight excluding hydrogens is 553 g/mol. The molecule has 4 heterocycles. The molecule has 2 aromatic heterocycles. The van der Waals surface area contributed by atoms with E-state index in [1.165, 1.54) is 25.6 Å². The van der Waals surface area contributed by atoms with Crippen molar-refractivity contribution in [1.29, 1.82) is 0 Å². The first-order valence-corrected chi connectivity index (χ1v) is 13.1. The molecule has 0 saturated carbocycles. The summed E-state index contributed by atoms with van der Waals surface area (Å²) in [7, 11) is 1.48. The van der Waals surface area contributed by atoms with Gasteiger partial charge in [0.1, 0.15) is 11.5 Å². The molecule has 188 valence electrons. The smallest absolute Gasteiger partial charge is 0.316 e. The van der Waals surface area contributed by atoms with Gasteiger partial charge in [0, 0.05) is 40.8 Å². The summed E-state index contributed by atoms with van der Waals surface area (Å²) >= 11 is 4.98. The lowest BCUT2D eigenvalue weighted by atomic mass is 9.97. The number of rotatable bonds is 7. The third-order valence-corrected chi connectivity index (χ3v) is 7.85. The van der Waals surface area contributed by atoms with Crippen LogP contribution in [-0.2, 0) is 9.63 Å². The molecule has 5 rings (SSSR count). The number of amides is 1. The lowest BCUT2D eigenvalue weighted by Gasteiger charge is -2.31. The van der Waals surface area contributed by atoms with Gasteiger partial charge in [-0.15, -0.1) is 11.3 Å². The Morgan fingerprint density at radius 3 is 2.78 bits per heavy atom. The van der Waals surface area contributed by atoms with E-state index in [0.717, 1.165) is 23.5 Å². The van der Waals surface area contributed by atoms with Crippen LogP contribution >= 0.6 is 27.3 Å². The number of nitrogens with zero attached hydrogens (tertiary/aromatic N) is 5. The van der Waals surface area contributed by atoms with Crippen LogP contribution in [0.5, 0.6) is 11.8 Å². The summed E-state index contributed by atoms with van der Waals surface area (Å²) in [5.74, 6) is 0.279. The van der Waals surface area contributed by atoms with Crippen LogP contribution in [0.25, 0.3) is 0 Å². The van der Waals surface area contributed by atoms with Crippen molar-refractivity contribution >= 4 is 38.9 Å². The van der Waals surface area contributed by atoms with Crippen LogP contribution in [0.2, 0.25) is 0 Å². The number of hydrogen-bond donors (Lipinski definition) is 0. The highest BCUT2D eigenvalue weighted by atomic mass is 79.9. The fourth-order valence-corrected chi connectivity index (χ4v) is 5.80. The van der Waals surface area contributed by atoms with E-state index in [9.17, 15) is 9.18 Å². The first-order chi connectivity index (χ1) is 17.5. The van der Waals surface area contributed by atoms with Gasteiger partial charge < -0.3 is 19.2 Å². The standard InChI is InChI=1S/C24H23BrFN5O4S/c1-33-24-27-10-15(11-28-24)34-12-21(32)31-7-5-14(6-8-31)23-29-19(13-36-23)18-9-20(35-30-18)22-16(25)3-2-4-17(22)26/h2-4,10-11,13-14,20H,5-9,12H2,1H3. The van der Waals surface area contributed by atoms with Crippen molar-refractivity contribution < 1.29 is 23.5 Å². The third-order valence-electron chi connectivity index (χ3n) is 6.15. The zero-order valence-electron chi connectivity index (χ0n) is 19.4. The summed E-state index contributed by atoms with van der Waals surface area (Å²) < 4.78 is 25.4. The van der Waals surface area contributed by atoms with Gasteiger partial charge >= 0.3 is 6.01 Å². The van der Waals surface area contributed by atoms with Crippen LogP contribution in [0.1, 0.15) is 47.5 Å². The van der Waals surface area contributed by atoms with Crippen molar-refractivity contribution in [2.24, 2.45) is 5.16 Å². The Morgan fingerprint density at radius 1 is 1.28 bits per heavy atom. The fourth-order valence-electron chi connectivity index (χ4n) is 4.21. The van der Waals surface area contributed by atoms with E-state index in [4.69, 9.17) is 19.3 Å². The predicted molar refractivity (Wildman–Crippen MR) is 134 cm³/mol. The summed E-state index contributed by atoms with van der Waals surface area (Å²) in [6.45, 7) is 1.20. The maximum atomic E-state index is 14.3. The Hall–Kier alpha value is -3.12. The Bertz CT molecular complexity index is 1240. The molecule has 36 heavy (non-hydrogen) atoms. The van der Waals surface area contributed by atoms with Crippen LogP contribution < -0.4 is 9.47 Å². The van der Waals surface area contributed by atoms with Gasteiger partial charge in [-0.1, -0.05) is 27.2 Å². The van der Waals surface area contributed by atoms with Gasteiger partial charge in [-0.25, -0.2) is 9.37 Å². The van der Waals surface area contributed by atoms with E-state index >= 15 is 0 Å². The van der Waals surface area contributed by atoms with Gasteiger partial charge in [0.2, 0.25) is 0 Å². The van der Waals surface area contributed by atoms with Gasteiger partial charge in [0.05, 0.1) is 30.2 Å². The minimum atomic E-state index is -0.485. The Labute approximate surface area is 219 Å². The Kier molecular flexibility index (Phi) is 7.42. The number of carbonyl (C=O) groups is 1. The molecule has 0 aliphatic carbocycles. The van der Waals surface area contributed by atoms with Gasteiger partial charge in [0.15, 0.2) is 18.5 Å². The normalized spacial score (nSPS) is 18.0. The van der Waals surface area contributed by atoms with E-state index in [1.807, 2.05) is 5.38 Å². The lowest BCUT2D eigenvalue weighted by molar-refractivity contribution is -0.134. The van der Waals surface area contributed by atoms with E-state index in [1.54, 1.807) is 28.4 Å². The number of piperidine rings is 1. The van der Waals surface area contributed by atoms with Crippen molar-refractivity contribution in [1.82, 2.24) is 19.9 Å². The number of likely N-dealkylation sites (tertiary alicyclic amines) is 1. The van der Waals surface area contributed by atoms with Crippen LogP contribution in [0.4, 0.5) is 4.39 Å². The zero-order chi connectivity index (χ0) is 25.1. The minimum Gasteiger partial charge on any atom is -0.481 e. The number of aromatic nitrogens is 3. The molecule has 0 N–H and O–H groups in total. The summed E-state index contributed by atoms with van der Waals surface area (Å²) in [4.78, 5) is 32.7. The molecule has 3 aromatic rings. The SMILES string of the molecule is COc1ncc(OCC(=O)N2CCC(c3nc(C4=NOC(c5c(F)cccc5Br)C4)cs3)CC2)cn1. The third kappa shape index (κ3) is 5.34.